The van der Waals surface area contributed by atoms with E-state index in [0.717, 1.165) is 32.1 Å². The Hall–Kier alpha value is -0.610. The Bertz CT molecular complexity index is 244. The third-order valence-electron chi connectivity index (χ3n) is 3.60. The van der Waals surface area contributed by atoms with Gasteiger partial charge in [-0.25, -0.2) is 0 Å². The zero-order chi connectivity index (χ0) is 12.2. The van der Waals surface area contributed by atoms with Gasteiger partial charge in [0.15, 0.2) is 0 Å². The topological polar surface area (TPSA) is 58.4 Å². The summed E-state index contributed by atoms with van der Waals surface area (Å²) in [7, 11) is 0. The fourth-order valence-corrected chi connectivity index (χ4v) is 2.45. The van der Waals surface area contributed by atoms with Crippen molar-refractivity contribution in [2.45, 2.75) is 39.2 Å². The molecule has 1 rings (SSSR count). The molecule has 1 aliphatic heterocycles. The minimum Gasteiger partial charge on any atom is -0.368 e. The minimum atomic E-state index is -0.586. The SMILES string of the molecule is CCNC(C)(CN1CCC(CC)C1)C(N)=O. The number of likely N-dealkylation sites (N-methyl/N-ethyl adjacent to an activating group) is 1. The molecule has 0 aromatic heterocycles. The smallest absolute Gasteiger partial charge is 0.238 e. The molecule has 0 aromatic carbocycles. The van der Waals surface area contributed by atoms with Gasteiger partial charge in [0.1, 0.15) is 5.54 Å². The Morgan fingerprint density at radius 2 is 2.25 bits per heavy atom. The largest absolute Gasteiger partial charge is 0.368 e. The van der Waals surface area contributed by atoms with Crippen LogP contribution in [0.5, 0.6) is 0 Å². The number of nitrogens with one attached hydrogen (secondary N) is 1. The van der Waals surface area contributed by atoms with Gasteiger partial charge in [0.25, 0.3) is 0 Å². The van der Waals surface area contributed by atoms with Gasteiger partial charge in [-0.2, -0.15) is 0 Å². The predicted octanol–water partition coefficient (Wildman–Crippen LogP) is 0.572. The van der Waals surface area contributed by atoms with Crippen molar-refractivity contribution in [1.82, 2.24) is 10.2 Å². The predicted molar refractivity (Wildman–Crippen MR) is 66.1 cm³/mol. The highest BCUT2D eigenvalue weighted by molar-refractivity contribution is 5.84. The van der Waals surface area contributed by atoms with Crippen molar-refractivity contribution < 1.29 is 4.79 Å². The van der Waals surface area contributed by atoms with Crippen LogP contribution in [0.15, 0.2) is 0 Å². The molecule has 0 aromatic rings. The number of carbonyl (C=O) groups is 1. The number of likely N-dealkylation sites (tertiary alicyclic amines) is 1. The molecule has 1 saturated heterocycles. The molecule has 4 nitrogen and oxygen atoms in total. The number of amides is 1. The van der Waals surface area contributed by atoms with Crippen molar-refractivity contribution in [3.63, 3.8) is 0 Å². The van der Waals surface area contributed by atoms with Crippen molar-refractivity contribution in [3.05, 3.63) is 0 Å². The summed E-state index contributed by atoms with van der Waals surface area (Å²) < 4.78 is 0. The fourth-order valence-electron chi connectivity index (χ4n) is 2.45. The van der Waals surface area contributed by atoms with E-state index < -0.39 is 5.54 Å². The van der Waals surface area contributed by atoms with E-state index >= 15 is 0 Å². The Labute approximate surface area is 98.6 Å². The third kappa shape index (κ3) is 3.19. The van der Waals surface area contributed by atoms with Crippen molar-refractivity contribution in [2.24, 2.45) is 11.7 Å². The monoisotopic (exact) mass is 227 g/mol. The first-order chi connectivity index (χ1) is 7.51. The van der Waals surface area contributed by atoms with E-state index in [1.807, 2.05) is 13.8 Å². The van der Waals surface area contributed by atoms with Crippen LogP contribution in [0.4, 0.5) is 0 Å². The van der Waals surface area contributed by atoms with Crippen LogP contribution in [-0.4, -0.2) is 42.5 Å². The summed E-state index contributed by atoms with van der Waals surface area (Å²) in [5.41, 5.74) is 4.89. The summed E-state index contributed by atoms with van der Waals surface area (Å²) in [6, 6.07) is 0. The maximum absolute atomic E-state index is 11.5. The first-order valence-electron chi connectivity index (χ1n) is 6.29. The fraction of sp³-hybridized carbons (Fsp3) is 0.917. The van der Waals surface area contributed by atoms with Gasteiger partial charge in [-0.05, 0) is 32.4 Å². The molecule has 0 saturated carbocycles. The lowest BCUT2D eigenvalue weighted by molar-refractivity contribution is -0.124. The Balaban J connectivity index is 2.53. The van der Waals surface area contributed by atoms with Crippen molar-refractivity contribution in [1.29, 1.82) is 0 Å². The molecular formula is C12H25N3O. The summed E-state index contributed by atoms with van der Waals surface area (Å²) in [5.74, 6) is 0.535. The van der Waals surface area contributed by atoms with Gasteiger partial charge in [-0.3, -0.25) is 4.79 Å². The van der Waals surface area contributed by atoms with Gasteiger partial charge >= 0.3 is 0 Å². The second-order valence-electron chi connectivity index (χ2n) is 5.02. The molecule has 2 unspecified atom stereocenters. The van der Waals surface area contributed by atoms with E-state index in [1.54, 1.807) is 0 Å². The molecule has 0 bridgehead atoms. The number of rotatable bonds is 6. The third-order valence-corrected chi connectivity index (χ3v) is 3.60. The number of carbonyl (C=O) groups excluding carboxylic acids is 1. The molecule has 2 atom stereocenters. The van der Waals surface area contributed by atoms with E-state index in [2.05, 4.69) is 17.1 Å². The first-order valence-corrected chi connectivity index (χ1v) is 6.29. The van der Waals surface area contributed by atoms with Crippen molar-refractivity contribution >= 4 is 5.91 Å². The quantitative estimate of drug-likeness (QED) is 0.697. The molecule has 1 amide bonds. The van der Waals surface area contributed by atoms with Gasteiger partial charge in [0, 0.05) is 13.1 Å². The highest BCUT2D eigenvalue weighted by atomic mass is 16.1. The molecular weight excluding hydrogens is 202 g/mol. The van der Waals surface area contributed by atoms with Crippen LogP contribution in [0, 0.1) is 5.92 Å². The number of hydrogen-bond acceptors (Lipinski definition) is 3. The van der Waals surface area contributed by atoms with Crippen LogP contribution in [-0.2, 0) is 4.79 Å². The lowest BCUT2D eigenvalue weighted by Gasteiger charge is -2.31. The number of nitrogens with two attached hydrogens (primary N) is 1. The lowest BCUT2D eigenvalue weighted by Crippen LogP contribution is -2.59. The van der Waals surface area contributed by atoms with Crippen LogP contribution >= 0.6 is 0 Å². The highest BCUT2D eigenvalue weighted by Gasteiger charge is 2.34. The van der Waals surface area contributed by atoms with Crippen LogP contribution in [0.2, 0.25) is 0 Å². The first kappa shape index (κ1) is 13.5. The summed E-state index contributed by atoms with van der Waals surface area (Å²) in [6.07, 6.45) is 2.47. The Morgan fingerprint density at radius 1 is 1.56 bits per heavy atom. The van der Waals surface area contributed by atoms with Crippen LogP contribution in [0.25, 0.3) is 0 Å². The molecule has 1 aliphatic rings. The van der Waals surface area contributed by atoms with Crippen molar-refractivity contribution in [2.75, 3.05) is 26.2 Å². The maximum atomic E-state index is 11.5. The summed E-state index contributed by atoms with van der Waals surface area (Å²) in [4.78, 5) is 13.8. The van der Waals surface area contributed by atoms with Gasteiger partial charge in [-0.1, -0.05) is 20.3 Å². The second-order valence-corrected chi connectivity index (χ2v) is 5.02. The summed E-state index contributed by atoms with van der Waals surface area (Å²) >= 11 is 0. The van der Waals surface area contributed by atoms with Crippen molar-refractivity contribution in [3.8, 4) is 0 Å². The molecule has 1 heterocycles. The van der Waals surface area contributed by atoms with Crippen LogP contribution in [0.3, 0.4) is 0 Å². The number of nitrogens with zero attached hydrogens (tertiary/aromatic N) is 1. The van der Waals surface area contributed by atoms with Gasteiger partial charge in [-0.15, -0.1) is 0 Å². The highest BCUT2D eigenvalue weighted by Crippen LogP contribution is 2.20. The van der Waals surface area contributed by atoms with Gasteiger partial charge in [0.2, 0.25) is 5.91 Å². The molecule has 1 fully saturated rings. The second kappa shape index (κ2) is 5.64. The molecule has 16 heavy (non-hydrogen) atoms. The molecule has 0 radical (unpaired) electrons. The van der Waals surface area contributed by atoms with Gasteiger partial charge in [0.05, 0.1) is 0 Å². The average Bonchev–Trinajstić information content (AvgIpc) is 2.65. The minimum absolute atomic E-state index is 0.255. The van der Waals surface area contributed by atoms with Crippen LogP contribution < -0.4 is 11.1 Å². The summed E-state index contributed by atoms with van der Waals surface area (Å²) in [5, 5.41) is 3.20. The van der Waals surface area contributed by atoms with Gasteiger partial charge < -0.3 is 16.0 Å². The van der Waals surface area contributed by atoms with E-state index in [-0.39, 0.29) is 5.91 Å². The average molecular weight is 227 g/mol. The van der Waals surface area contributed by atoms with E-state index in [1.165, 1.54) is 12.8 Å². The number of hydrogen-bond donors (Lipinski definition) is 2. The normalized spacial score (nSPS) is 25.6. The number of primary amides is 1. The molecule has 0 aliphatic carbocycles. The zero-order valence-electron chi connectivity index (χ0n) is 10.8. The van der Waals surface area contributed by atoms with E-state index in [9.17, 15) is 4.79 Å². The molecule has 94 valence electrons. The standard InChI is InChI=1S/C12H25N3O/c1-4-10-6-7-15(8-10)9-12(3,11(13)16)14-5-2/h10,14H,4-9H2,1-3H3,(H2,13,16). The van der Waals surface area contributed by atoms with E-state index in [4.69, 9.17) is 5.73 Å². The van der Waals surface area contributed by atoms with E-state index in [0.29, 0.717) is 0 Å². The van der Waals surface area contributed by atoms with Crippen LogP contribution in [0.1, 0.15) is 33.6 Å². The summed E-state index contributed by atoms with van der Waals surface area (Å²) in [6.45, 7) is 9.82. The molecule has 3 N–H and O–H groups in total. The molecule has 4 heteroatoms. The zero-order valence-corrected chi connectivity index (χ0v) is 10.8. The Kier molecular flexibility index (Phi) is 4.74. The molecule has 0 spiro atoms. The lowest BCUT2D eigenvalue weighted by atomic mass is 10.0. The maximum Gasteiger partial charge on any atom is 0.238 e. The Morgan fingerprint density at radius 3 is 2.69 bits per heavy atom.